The Morgan fingerprint density at radius 1 is 0.327 bits per heavy atom. The molecule has 0 saturated heterocycles. The summed E-state index contributed by atoms with van der Waals surface area (Å²) in [5, 5.41) is -5.29. The quantitative estimate of drug-likeness (QED) is 0.172. The summed E-state index contributed by atoms with van der Waals surface area (Å²) in [6.07, 6.45) is 0. The molecule has 0 amide bonds. The lowest BCUT2D eigenvalue weighted by atomic mass is 9.84. The topological polar surface area (TPSA) is 13.1 Å². The molecule has 0 spiro atoms. The van der Waals surface area contributed by atoms with Crippen LogP contribution in [0.5, 0.6) is 0 Å². The van der Waals surface area contributed by atoms with Crippen molar-refractivity contribution in [3.05, 3.63) is 181 Å². The van der Waals surface area contributed by atoms with Gasteiger partial charge in [0.15, 0.2) is 0 Å². The van der Waals surface area contributed by atoms with Crippen LogP contribution in [0.4, 0.5) is 0 Å². The molecular formula is C48H30O. The van der Waals surface area contributed by atoms with Crippen LogP contribution in [0.15, 0.2) is 186 Å². The van der Waals surface area contributed by atoms with Crippen molar-refractivity contribution in [1.29, 1.82) is 0 Å². The molecule has 10 aromatic rings. The van der Waals surface area contributed by atoms with Crippen molar-refractivity contribution in [2.24, 2.45) is 0 Å². The minimum absolute atomic E-state index is 0.444. The standard InChI is InChI=1S/C48H30O/c1-3-13-31(14-4-1)36-26-24-34(29-43(36)32-15-5-2-6-16-32)46-38-19-9-11-21-40(38)47(41-22-12-10-20-39(41)46)35-25-28-45-44(30-35)42-27-23-33-17-7-8-18-37(33)48(42)49-45/h1-30H/i1D,2D,3D,4D,5D,6D,7D,8D,9D,10D,11D,12D,13D,14D,15D,16D,17D,18D,19D,20D,21D,22D,23D,24D,25D,26D,27D,28D,29D,30D. The van der Waals surface area contributed by atoms with Crippen molar-refractivity contribution in [1.82, 2.24) is 0 Å². The number of hydrogen-bond donors (Lipinski definition) is 0. The van der Waals surface area contributed by atoms with Crippen LogP contribution in [-0.4, -0.2) is 0 Å². The van der Waals surface area contributed by atoms with E-state index in [2.05, 4.69) is 0 Å². The van der Waals surface area contributed by atoms with Gasteiger partial charge in [0.2, 0.25) is 0 Å². The van der Waals surface area contributed by atoms with Gasteiger partial charge in [-0.1, -0.05) is 157 Å². The normalized spacial score (nSPS) is 20.2. The first kappa shape index (κ1) is 11.1. The monoisotopic (exact) mass is 652 g/mol. The summed E-state index contributed by atoms with van der Waals surface area (Å²) in [6.45, 7) is 0. The lowest BCUT2D eigenvalue weighted by Gasteiger charge is -2.19. The Balaban J connectivity index is 1.52. The minimum atomic E-state index is -1.20. The van der Waals surface area contributed by atoms with Gasteiger partial charge in [-0.15, -0.1) is 0 Å². The van der Waals surface area contributed by atoms with E-state index >= 15 is 0 Å². The summed E-state index contributed by atoms with van der Waals surface area (Å²) >= 11 is 0. The maximum absolute atomic E-state index is 10.1. The fourth-order valence-corrected chi connectivity index (χ4v) is 5.82. The van der Waals surface area contributed by atoms with Crippen LogP contribution in [0.25, 0.3) is 98.8 Å². The van der Waals surface area contributed by atoms with Gasteiger partial charge in [0, 0.05) is 16.2 Å². The third-order valence-corrected chi connectivity index (χ3v) is 7.87. The Kier molecular flexibility index (Phi) is 2.50. The molecule has 1 heterocycles. The highest BCUT2D eigenvalue weighted by Crippen LogP contribution is 2.46. The number of benzene rings is 9. The van der Waals surface area contributed by atoms with Crippen molar-refractivity contribution in [2.45, 2.75) is 0 Å². The molecule has 0 unspecified atom stereocenters. The fourth-order valence-electron chi connectivity index (χ4n) is 5.82. The van der Waals surface area contributed by atoms with E-state index in [9.17, 15) is 13.7 Å². The molecule has 0 radical (unpaired) electrons. The molecule has 0 atom stereocenters. The van der Waals surface area contributed by atoms with Crippen molar-refractivity contribution < 1.29 is 45.5 Å². The summed E-state index contributed by atoms with van der Waals surface area (Å²) in [5.41, 5.74) is -8.34. The van der Waals surface area contributed by atoms with Crippen LogP contribution in [0.1, 0.15) is 41.1 Å². The summed E-state index contributed by atoms with van der Waals surface area (Å²) < 4.78 is 277. The van der Waals surface area contributed by atoms with Crippen LogP contribution in [0.3, 0.4) is 0 Å². The van der Waals surface area contributed by atoms with Crippen molar-refractivity contribution >= 4 is 54.3 Å². The van der Waals surface area contributed by atoms with Gasteiger partial charge >= 0.3 is 0 Å². The Morgan fingerprint density at radius 2 is 0.837 bits per heavy atom. The largest absolute Gasteiger partial charge is 0.455 e. The average Bonchev–Trinajstić information content (AvgIpc) is 4.07. The van der Waals surface area contributed by atoms with Crippen LogP contribution >= 0.6 is 0 Å². The molecule has 0 saturated carbocycles. The van der Waals surface area contributed by atoms with E-state index in [1.54, 1.807) is 0 Å². The molecule has 228 valence electrons. The molecule has 9 aromatic carbocycles. The Hall–Kier alpha value is -6.44. The molecular weight excluding hydrogens is 593 g/mol. The predicted molar refractivity (Wildman–Crippen MR) is 208 cm³/mol. The molecule has 1 nitrogen and oxygen atoms in total. The molecule has 1 aromatic heterocycles. The molecule has 0 aliphatic carbocycles. The molecule has 1 heteroatoms. The third kappa shape index (κ3) is 4.40. The van der Waals surface area contributed by atoms with Gasteiger partial charge in [0.05, 0.1) is 41.1 Å². The van der Waals surface area contributed by atoms with E-state index in [0.29, 0.717) is 0 Å². The van der Waals surface area contributed by atoms with E-state index in [0.717, 1.165) is 0 Å². The lowest BCUT2D eigenvalue weighted by molar-refractivity contribution is 0.672. The smallest absolute Gasteiger partial charge is 0.143 e. The predicted octanol–water partition coefficient (Wildman–Crippen LogP) is 13.7. The van der Waals surface area contributed by atoms with Crippen molar-refractivity contribution in [2.75, 3.05) is 0 Å². The van der Waals surface area contributed by atoms with E-state index < -0.39 is 280 Å². The zero-order valence-electron chi connectivity index (χ0n) is 54.4. The first-order valence-electron chi connectivity index (χ1n) is 29.4. The lowest BCUT2D eigenvalue weighted by Crippen LogP contribution is -1.92. The second-order valence-corrected chi connectivity index (χ2v) is 10.5. The Bertz CT molecular complexity index is 4460. The van der Waals surface area contributed by atoms with Gasteiger partial charge in [-0.2, -0.15) is 0 Å². The summed E-state index contributed by atoms with van der Waals surface area (Å²) in [7, 11) is 0. The molecule has 0 aliphatic rings. The summed E-state index contributed by atoms with van der Waals surface area (Å²) in [4.78, 5) is 0. The van der Waals surface area contributed by atoms with Crippen molar-refractivity contribution in [3.8, 4) is 44.5 Å². The van der Waals surface area contributed by atoms with Gasteiger partial charge in [0.25, 0.3) is 0 Å². The number of rotatable bonds is 4. The van der Waals surface area contributed by atoms with E-state index in [1.165, 1.54) is 0 Å². The molecule has 0 bridgehead atoms. The molecule has 49 heavy (non-hydrogen) atoms. The van der Waals surface area contributed by atoms with E-state index in [1.807, 2.05) is 0 Å². The van der Waals surface area contributed by atoms with Crippen LogP contribution in [-0.2, 0) is 0 Å². The van der Waals surface area contributed by atoms with Crippen molar-refractivity contribution in [3.63, 3.8) is 0 Å². The van der Waals surface area contributed by atoms with Gasteiger partial charge in [-0.05, 0) is 95.6 Å². The molecule has 0 fully saturated rings. The zero-order valence-corrected chi connectivity index (χ0v) is 24.4. The van der Waals surface area contributed by atoms with Gasteiger partial charge in [-0.3, -0.25) is 0 Å². The maximum Gasteiger partial charge on any atom is 0.143 e. The zero-order chi connectivity index (χ0) is 58.4. The van der Waals surface area contributed by atoms with Gasteiger partial charge in [0.1, 0.15) is 11.2 Å². The Labute approximate surface area is 326 Å². The fraction of sp³-hybridized carbons (Fsp3) is 0. The number of furan rings is 1. The highest BCUT2D eigenvalue weighted by Gasteiger charge is 2.19. The Morgan fingerprint density at radius 3 is 1.47 bits per heavy atom. The molecule has 0 aliphatic heterocycles. The minimum Gasteiger partial charge on any atom is -0.455 e. The number of fused-ring (bicyclic) bond motifs is 7. The summed E-state index contributed by atoms with van der Waals surface area (Å²) in [6, 6.07) is -29.8. The second kappa shape index (κ2) is 11.1. The third-order valence-electron chi connectivity index (χ3n) is 7.87. The SMILES string of the molecule is [2H]c1c([2H])c([2H])c(-c2c([2H])c([2H])c(-c3c4c([2H])c([2H])c([2H])c([2H])c4c(-c4c([2H])c([2H])c5oc6c7c([2H])c([2H])c([2H])c([2H])c7c([2H])c([2H])c6c5c4[2H])c4c([2H])c([2H])c([2H])c([2H])c34)c([2H])c2-c2c([2H])c([2H])c([2H])c([2H])c2[2H])c([2H])c1[2H]. The molecule has 0 N–H and O–H groups in total. The van der Waals surface area contributed by atoms with Gasteiger partial charge in [-0.25, -0.2) is 0 Å². The second-order valence-electron chi connectivity index (χ2n) is 10.5. The highest BCUT2D eigenvalue weighted by molar-refractivity contribution is 6.23. The first-order valence-corrected chi connectivity index (χ1v) is 14.4. The highest BCUT2D eigenvalue weighted by atomic mass is 16.3. The van der Waals surface area contributed by atoms with Crippen LogP contribution < -0.4 is 0 Å². The van der Waals surface area contributed by atoms with Crippen LogP contribution in [0, 0.1) is 0 Å². The first-order chi connectivity index (χ1) is 36.8. The van der Waals surface area contributed by atoms with Crippen LogP contribution in [0.2, 0.25) is 0 Å². The van der Waals surface area contributed by atoms with E-state index in [4.69, 9.17) is 31.8 Å². The average molecular weight is 653 g/mol. The van der Waals surface area contributed by atoms with Gasteiger partial charge < -0.3 is 4.42 Å². The molecule has 10 rings (SSSR count). The van der Waals surface area contributed by atoms with E-state index in [-0.39, 0.29) is 0 Å². The summed E-state index contributed by atoms with van der Waals surface area (Å²) in [5.74, 6) is 0. The number of hydrogen-bond acceptors (Lipinski definition) is 1. The maximum atomic E-state index is 10.1.